The number of carbonyl (C=O) groups is 1. The Bertz CT molecular complexity index is 514. The second-order valence-electron chi connectivity index (χ2n) is 8.76. The molecule has 0 spiro atoms. The zero-order valence-electron chi connectivity index (χ0n) is 17.0. The average Bonchev–Trinajstić information content (AvgIpc) is 2.49. The third kappa shape index (κ3) is 5.94. The molecule has 1 aromatic rings. The molecule has 0 aliphatic heterocycles. The standard InChI is InChI=1S/C21H36N2O/c1-9-23(10-2)12-11-22-19(24)16-13-17(20(3,4)5)15-18(14-16)21(6,7)8/h13-15H,9-12H2,1-8H3,(H,22,24)/p+1. The van der Waals surface area contributed by atoms with Crippen molar-refractivity contribution in [2.75, 3.05) is 26.2 Å². The summed E-state index contributed by atoms with van der Waals surface area (Å²) in [5.41, 5.74) is 3.27. The molecule has 3 nitrogen and oxygen atoms in total. The van der Waals surface area contributed by atoms with Gasteiger partial charge in [-0.15, -0.1) is 0 Å². The Balaban J connectivity index is 2.99. The predicted octanol–water partition coefficient (Wildman–Crippen LogP) is 2.94. The molecule has 1 rings (SSSR count). The van der Waals surface area contributed by atoms with Crippen LogP contribution >= 0.6 is 0 Å². The number of benzene rings is 1. The maximum absolute atomic E-state index is 12.6. The molecule has 0 aromatic heterocycles. The van der Waals surface area contributed by atoms with Crippen LogP contribution in [0.4, 0.5) is 0 Å². The Kier molecular flexibility index (Phi) is 7.03. The van der Waals surface area contributed by atoms with Crippen LogP contribution in [-0.2, 0) is 10.8 Å². The molecule has 136 valence electrons. The van der Waals surface area contributed by atoms with Gasteiger partial charge in [-0.25, -0.2) is 0 Å². The molecular formula is C21H37N2O+. The number of hydrogen-bond acceptors (Lipinski definition) is 1. The summed E-state index contributed by atoms with van der Waals surface area (Å²) in [5, 5.41) is 3.10. The van der Waals surface area contributed by atoms with E-state index in [2.05, 4.69) is 78.9 Å². The summed E-state index contributed by atoms with van der Waals surface area (Å²) in [7, 11) is 0. The molecule has 0 aliphatic rings. The van der Waals surface area contributed by atoms with Gasteiger partial charge in [0.1, 0.15) is 0 Å². The first-order valence-electron chi connectivity index (χ1n) is 9.26. The summed E-state index contributed by atoms with van der Waals surface area (Å²) in [6, 6.07) is 6.35. The number of hydrogen-bond donors (Lipinski definition) is 2. The van der Waals surface area contributed by atoms with Crippen LogP contribution in [0.1, 0.15) is 76.9 Å². The van der Waals surface area contributed by atoms with E-state index in [0.29, 0.717) is 0 Å². The summed E-state index contributed by atoms with van der Waals surface area (Å²) in [4.78, 5) is 14.1. The predicted molar refractivity (Wildman–Crippen MR) is 103 cm³/mol. The molecule has 0 saturated heterocycles. The molecule has 0 saturated carbocycles. The first-order chi connectivity index (χ1) is 11.0. The summed E-state index contributed by atoms with van der Waals surface area (Å²) in [6.45, 7) is 21.4. The van der Waals surface area contributed by atoms with E-state index in [0.717, 1.165) is 31.7 Å². The average molecular weight is 334 g/mol. The van der Waals surface area contributed by atoms with Gasteiger partial charge < -0.3 is 10.2 Å². The number of likely N-dealkylation sites (N-methyl/N-ethyl adjacent to an activating group) is 1. The molecule has 0 aliphatic carbocycles. The van der Waals surface area contributed by atoms with Gasteiger partial charge in [-0.05, 0) is 47.9 Å². The fourth-order valence-corrected chi connectivity index (χ4v) is 2.68. The topological polar surface area (TPSA) is 33.5 Å². The highest BCUT2D eigenvalue weighted by atomic mass is 16.1. The highest BCUT2D eigenvalue weighted by Crippen LogP contribution is 2.30. The van der Waals surface area contributed by atoms with Gasteiger partial charge in [-0.3, -0.25) is 4.79 Å². The zero-order valence-corrected chi connectivity index (χ0v) is 17.0. The van der Waals surface area contributed by atoms with Crippen molar-refractivity contribution in [1.82, 2.24) is 5.32 Å². The maximum atomic E-state index is 12.6. The minimum atomic E-state index is 0.0294. The summed E-state index contributed by atoms with van der Waals surface area (Å²) in [6.07, 6.45) is 0. The lowest BCUT2D eigenvalue weighted by Crippen LogP contribution is -3.12. The molecule has 1 aromatic carbocycles. The number of quaternary nitrogens is 1. The van der Waals surface area contributed by atoms with E-state index in [1.807, 2.05) is 0 Å². The van der Waals surface area contributed by atoms with Gasteiger partial charge in [-0.1, -0.05) is 47.6 Å². The number of carbonyl (C=O) groups excluding carboxylic acids is 1. The van der Waals surface area contributed by atoms with Crippen LogP contribution < -0.4 is 10.2 Å². The summed E-state index contributed by atoms with van der Waals surface area (Å²) < 4.78 is 0. The van der Waals surface area contributed by atoms with Crippen LogP contribution in [0.3, 0.4) is 0 Å². The molecule has 0 unspecified atom stereocenters. The second-order valence-corrected chi connectivity index (χ2v) is 8.76. The summed E-state index contributed by atoms with van der Waals surface area (Å²) in [5.74, 6) is 0.0400. The molecular weight excluding hydrogens is 296 g/mol. The second kappa shape index (κ2) is 8.15. The van der Waals surface area contributed by atoms with Gasteiger partial charge >= 0.3 is 0 Å². The van der Waals surface area contributed by atoms with Crippen molar-refractivity contribution in [1.29, 1.82) is 0 Å². The lowest BCUT2D eigenvalue weighted by Gasteiger charge is -2.26. The van der Waals surface area contributed by atoms with Crippen molar-refractivity contribution < 1.29 is 9.69 Å². The van der Waals surface area contributed by atoms with E-state index in [-0.39, 0.29) is 16.7 Å². The van der Waals surface area contributed by atoms with E-state index >= 15 is 0 Å². The monoisotopic (exact) mass is 333 g/mol. The van der Waals surface area contributed by atoms with Gasteiger partial charge in [0.15, 0.2) is 0 Å². The Labute approximate surface area is 148 Å². The Morgan fingerprint density at radius 2 is 1.38 bits per heavy atom. The van der Waals surface area contributed by atoms with Gasteiger partial charge in [-0.2, -0.15) is 0 Å². The molecule has 0 bridgehead atoms. The first kappa shape index (κ1) is 20.7. The van der Waals surface area contributed by atoms with Gasteiger partial charge in [0, 0.05) is 5.56 Å². The van der Waals surface area contributed by atoms with Crippen LogP contribution in [0, 0.1) is 0 Å². The molecule has 2 N–H and O–H groups in total. The Hall–Kier alpha value is -1.35. The van der Waals surface area contributed by atoms with Crippen LogP contribution in [0.25, 0.3) is 0 Å². The molecule has 0 heterocycles. The molecule has 1 amide bonds. The van der Waals surface area contributed by atoms with E-state index in [9.17, 15) is 4.79 Å². The molecule has 3 heteroatoms. The minimum Gasteiger partial charge on any atom is -0.346 e. The molecule has 0 radical (unpaired) electrons. The Morgan fingerprint density at radius 1 is 0.917 bits per heavy atom. The van der Waals surface area contributed by atoms with Crippen molar-refractivity contribution >= 4 is 5.91 Å². The van der Waals surface area contributed by atoms with Crippen LogP contribution in [0.2, 0.25) is 0 Å². The van der Waals surface area contributed by atoms with Crippen molar-refractivity contribution in [3.8, 4) is 0 Å². The fraction of sp³-hybridized carbons (Fsp3) is 0.667. The first-order valence-corrected chi connectivity index (χ1v) is 9.26. The molecule has 0 fully saturated rings. The maximum Gasteiger partial charge on any atom is 0.251 e. The van der Waals surface area contributed by atoms with Crippen LogP contribution in [0.5, 0.6) is 0 Å². The highest BCUT2D eigenvalue weighted by molar-refractivity contribution is 5.94. The highest BCUT2D eigenvalue weighted by Gasteiger charge is 2.22. The van der Waals surface area contributed by atoms with Crippen LogP contribution in [-0.4, -0.2) is 32.1 Å². The lowest BCUT2D eigenvalue weighted by molar-refractivity contribution is -0.895. The summed E-state index contributed by atoms with van der Waals surface area (Å²) >= 11 is 0. The fourth-order valence-electron chi connectivity index (χ4n) is 2.68. The largest absolute Gasteiger partial charge is 0.346 e. The normalized spacial score (nSPS) is 12.5. The quantitative estimate of drug-likeness (QED) is 0.824. The van der Waals surface area contributed by atoms with Crippen molar-refractivity contribution in [2.24, 2.45) is 0 Å². The van der Waals surface area contributed by atoms with Crippen molar-refractivity contribution in [3.05, 3.63) is 34.9 Å². The Morgan fingerprint density at radius 3 is 1.75 bits per heavy atom. The number of amides is 1. The van der Waals surface area contributed by atoms with E-state index in [1.54, 1.807) is 0 Å². The van der Waals surface area contributed by atoms with Gasteiger partial charge in [0.25, 0.3) is 5.91 Å². The third-order valence-corrected chi connectivity index (χ3v) is 4.69. The molecule has 24 heavy (non-hydrogen) atoms. The number of nitrogens with one attached hydrogen (secondary N) is 2. The number of rotatable bonds is 6. The minimum absolute atomic E-state index is 0.0294. The van der Waals surface area contributed by atoms with E-state index < -0.39 is 0 Å². The third-order valence-electron chi connectivity index (χ3n) is 4.69. The van der Waals surface area contributed by atoms with Crippen molar-refractivity contribution in [2.45, 2.75) is 66.2 Å². The van der Waals surface area contributed by atoms with Gasteiger partial charge in [0.2, 0.25) is 0 Å². The van der Waals surface area contributed by atoms with Crippen LogP contribution in [0.15, 0.2) is 18.2 Å². The van der Waals surface area contributed by atoms with E-state index in [1.165, 1.54) is 16.0 Å². The van der Waals surface area contributed by atoms with Gasteiger partial charge in [0.05, 0.1) is 26.2 Å². The van der Waals surface area contributed by atoms with E-state index in [4.69, 9.17) is 0 Å². The SMILES string of the molecule is CC[NH+](CC)CCNC(=O)c1cc(C(C)(C)C)cc(C(C)(C)C)c1. The zero-order chi connectivity index (χ0) is 18.5. The molecule has 0 atom stereocenters. The van der Waals surface area contributed by atoms with Crippen molar-refractivity contribution in [3.63, 3.8) is 0 Å². The smallest absolute Gasteiger partial charge is 0.251 e. The lowest BCUT2D eigenvalue weighted by atomic mass is 9.79.